The minimum atomic E-state index is 0.865. The fraction of sp³-hybridized carbons (Fsp3) is 0.778. The van der Waals surface area contributed by atoms with Gasteiger partial charge in [0.2, 0.25) is 0 Å². The molecule has 60 valence electrons. The van der Waals surface area contributed by atoms with Gasteiger partial charge in [0.25, 0.3) is 0 Å². The Kier molecular flexibility index (Phi) is 8.92. The van der Waals surface area contributed by atoms with Crippen molar-refractivity contribution in [1.82, 2.24) is 0 Å². The molecule has 0 aromatic heterocycles. The summed E-state index contributed by atoms with van der Waals surface area (Å²) < 4.78 is 5.18. The molecule has 2 radical (unpaired) electrons. The van der Waals surface area contributed by atoms with Gasteiger partial charge in [0.1, 0.15) is 0 Å². The summed E-state index contributed by atoms with van der Waals surface area (Å²) in [5, 5.41) is 0. The van der Waals surface area contributed by atoms with E-state index in [2.05, 4.69) is 13.8 Å². The molecule has 10 heavy (non-hydrogen) atoms. The first-order valence-electron chi connectivity index (χ1n) is 4.14. The highest BCUT2D eigenvalue weighted by Gasteiger charge is 1.87. The van der Waals surface area contributed by atoms with Gasteiger partial charge in [-0.05, 0) is 12.8 Å². The summed E-state index contributed by atoms with van der Waals surface area (Å²) in [6.07, 6.45) is 5.65. The summed E-state index contributed by atoms with van der Waals surface area (Å²) in [7, 11) is 0. The van der Waals surface area contributed by atoms with Crippen molar-refractivity contribution in [1.29, 1.82) is 0 Å². The Hall–Kier alpha value is -0.0400. The van der Waals surface area contributed by atoms with E-state index in [9.17, 15) is 0 Å². The topological polar surface area (TPSA) is 9.23 Å². The molecule has 0 aliphatic heterocycles. The lowest BCUT2D eigenvalue weighted by Gasteiger charge is -1.99. The van der Waals surface area contributed by atoms with E-state index in [-0.39, 0.29) is 0 Å². The zero-order valence-electron chi connectivity index (χ0n) is 6.94. The zero-order chi connectivity index (χ0) is 7.66. The highest BCUT2D eigenvalue weighted by Crippen LogP contribution is 2.01. The quantitative estimate of drug-likeness (QED) is 0.496. The molecule has 1 heteroatoms. The average molecular weight is 142 g/mol. The molecule has 0 saturated heterocycles. The SMILES string of the molecule is [CH2]CCCC[CH]OCCC. The Bertz CT molecular complexity index is 44.7. The van der Waals surface area contributed by atoms with Crippen molar-refractivity contribution in [2.24, 2.45) is 0 Å². The molecule has 0 N–H and O–H groups in total. The van der Waals surface area contributed by atoms with Gasteiger partial charge in [0, 0.05) is 6.61 Å². The van der Waals surface area contributed by atoms with Crippen LogP contribution in [0.1, 0.15) is 39.0 Å². The third-order valence-electron chi connectivity index (χ3n) is 1.26. The van der Waals surface area contributed by atoms with Crippen LogP contribution in [-0.4, -0.2) is 6.61 Å². The van der Waals surface area contributed by atoms with Crippen molar-refractivity contribution in [3.8, 4) is 0 Å². The lowest BCUT2D eigenvalue weighted by molar-refractivity contribution is 0.190. The first kappa shape index (κ1) is 9.96. The molecule has 0 fully saturated rings. The second kappa shape index (κ2) is 8.96. The van der Waals surface area contributed by atoms with E-state index in [1.54, 1.807) is 0 Å². The summed E-state index contributed by atoms with van der Waals surface area (Å²) in [5.74, 6) is 0. The molecule has 0 heterocycles. The van der Waals surface area contributed by atoms with E-state index in [1.165, 1.54) is 12.8 Å². The normalized spacial score (nSPS) is 10.2. The van der Waals surface area contributed by atoms with Gasteiger partial charge in [-0.15, -0.1) is 0 Å². The Morgan fingerprint density at radius 3 is 2.80 bits per heavy atom. The van der Waals surface area contributed by atoms with Crippen LogP contribution < -0.4 is 0 Å². The van der Waals surface area contributed by atoms with Gasteiger partial charge in [0.05, 0.1) is 6.61 Å². The van der Waals surface area contributed by atoms with Crippen LogP contribution in [0.2, 0.25) is 0 Å². The predicted octanol–water partition coefficient (Wildman–Crippen LogP) is 2.97. The van der Waals surface area contributed by atoms with Crippen LogP contribution >= 0.6 is 0 Å². The molecule has 0 aliphatic rings. The maximum atomic E-state index is 5.18. The third-order valence-corrected chi connectivity index (χ3v) is 1.26. The fourth-order valence-electron chi connectivity index (χ4n) is 0.689. The molecule has 0 atom stereocenters. The Morgan fingerprint density at radius 2 is 2.20 bits per heavy atom. The molecule has 0 rings (SSSR count). The molecule has 1 nitrogen and oxygen atoms in total. The predicted molar refractivity (Wildman–Crippen MR) is 44.4 cm³/mol. The summed E-state index contributed by atoms with van der Waals surface area (Å²) >= 11 is 0. The second-order valence-electron chi connectivity index (χ2n) is 2.39. The Morgan fingerprint density at radius 1 is 1.40 bits per heavy atom. The van der Waals surface area contributed by atoms with Crippen molar-refractivity contribution in [3.05, 3.63) is 13.5 Å². The average Bonchev–Trinajstić information content (AvgIpc) is 1.97. The van der Waals surface area contributed by atoms with Gasteiger partial charge >= 0.3 is 0 Å². The Balaban J connectivity index is 2.65. The van der Waals surface area contributed by atoms with Crippen LogP contribution in [0.4, 0.5) is 0 Å². The van der Waals surface area contributed by atoms with E-state index in [0.29, 0.717) is 0 Å². The summed E-state index contributed by atoms with van der Waals surface area (Å²) in [6, 6.07) is 0. The second-order valence-corrected chi connectivity index (χ2v) is 2.39. The van der Waals surface area contributed by atoms with Crippen molar-refractivity contribution in [3.63, 3.8) is 0 Å². The van der Waals surface area contributed by atoms with Crippen LogP contribution in [0, 0.1) is 13.5 Å². The van der Waals surface area contributed by atoms with Crippen LogP contribution in [0.25, 0.3) is 0 Å². The fourth-order valence-corrected chi connectivity index (χ4v) is 0.689. The van der Waals surface area contributed by atoms with Crippen molar-refractivity contribution in [2.45, 2.75) is 39.0 Å². The van der Waals surface area contributed by atoms with E-state index in [1.807, 2.05) is 6.61 Å². The standard InChI is InChI=1S/C9H18O/c1-3-5-6-7-9-10-8-4-2/h9H,1,3-8H2,2H3. The van der Waals surface area contributed by atoms with Crippen molar-refractivity contribution >= 4 is 0 Å². The number of ether oxygens (including phenoxy) is 1. The van der Waals surface area contributed by atoms with Crippen LogP contribution in [-0.2, 0) is 4.74 Å². The third kappa shape index (κ3) is 7.96. The van der Waals surface area contributed by atoms with Crippen LogP contribution in [0.3, 0.4) is 0 Å². The van der Waals surface area contributed by atoms with E-state index < -0.39 is 0 Å². The highest BCUT2D eigenvalue weighted by atomic mass is 16.5. The minimum absolute atomic E-state index is 0.865. The zero-order valence-corrected chi connectivity index (χ0v) is 6.94. The molecule has 0 saturated carbocycles. The first-order valence-corrected chi connectivity index (χ1v) is 4.14. The molecular formula is C9H18O. The van der Waals surface area contributed by atoms with Crippen molar-refractivity contribution < 1.29 is 4.74 Å². The van der Waals surface area contributed by atoms with Gasteiger partial charge in [-0.25, -0.2) is 0 Å². The smallest absolute Gasteiger partial charge is 0.0836 e. The summed E-state index contributed by atoms with van der Waals surface area (Å²) in [4.78, 5) is 0. The summed E-state index contributed by atoms with van der Waals surface area (Å²) in [5.41, 5.74) is 0. The molecule has 0 aromatic rings. The molecule has 0 amide bonds. The van der Waals surface area contributed by atoms with Gasteiger partial charge in [-0.2, -0.15) is 0 Å². The maximum absolute atomic E-state index is 5.18. The maximum Gasteiger partial charge on any atom is 0.0836 e. The van der Waals surface area contributed by atoms with E-state index >= 15 is 0 Å². The molecule has 0 unspecified atom stereocenters. The summed E-state index contributed by atoms with van der Waals surface area (Å²) in [6.45, 7) is 8.66. The molecule has 0 aromatic carbocycles. The van der Waals surface area contributed by atoms with Gasteiger partial charge < -0.3 is 4.74 Å². The number of hydrogen-bond acceptors (Lipinski definition) is 1. The molecule has 0 bridgehead atoms. The highest BCUT2D eigenvalue weighted by molar-refractivity contribution is 4.52. The number of unbranched alkanes of at least 4 members (excludes halogenated alkanes) is 3. The van der Waals surface area contributed by atoms with Crippen molar-refractivity contribution in [2.75, 3.05) is 6.61 Å². The Labute approximate surface area is 64.8 Å². The number of rotatable bonds is 7. The van der Waals surface area contributed by atoms with E-state index in [0.717, 1.165) is 25.9 Å². The molecular weight excluding hydrogens is 124 g/mol. The minimum Gasteiger partial charge on any atom is -0.376 e. The van der Waals surface area contributed by atoms with Crippen LogP contribution in [0.15, 0.2) is 0 Å². The van der Waals surface area contributed by atoms with E-state index in [4.69, 9.17) is 4.74 Å². The monoisotopic (exact) mass is 142 g/mol. The molecule has 0 spiro atoms. The molecule has 0 aliphatic carbocycles. The van der Waals surface area contributed by atoms with Gasteiger partial charge in [-0.3, -0.25) is 0 Å². The lowest BCUT2D eigenvalue weighted by Crippen LogP contribution is -1.89. The van der Waals surface area contributed by atoms with Crippen LogP contribution in [0.5, 0.6) is 0 Å². The first-order chi connectivity index (χ1) is 4.91. The lowest BCUT2D eigenvalue weighted by atomic mass is 10.2. The largest absolute Gasteiger partial charge is 0.376 e. The van der Waals surface area contributed by atoms with Gasteiger partial charge in [-0.1, -0.05) is 33.1 Å². The number of hydrogen-bond donors (Lipinski definition) is 0. The van der Waals surface area contributed by atoms with Gasteiger partial charge in [0.15, 0.2) is 0 Å².